The number of aromatic nitrogens is 3. The highest BCUT2D eigenvalue weighted by Gasteiger charge is 2.20. The lowest BCUT2D eigenvalue weighted by atomic mass is 10.1. The van der Waals surface area contributed by atoms with E-state index in [9.17, 15) is 4.79 Å². The average molecular weight is 416 g/mol. The predicted octanol–water partition coefficient (Wildman–Crippen LogP) is 4.31. The summed E-state index contributed by atoms with van der Waals surface area (Å²) < 4.78 is 6.92. The lowest BCUT2D eigenvalue weighted by molar-refractivity contribution is 0.253. The van der Waals surface area contributed by atoms with Crippen molar-refractivity contribution >= 4 is 40.6 Å². The number of nitrogens with two attached hydrogens (primary N) is 1. The van der Waals surface area contributed by atoms with Crippen molar-refractivity contribution in [2.24, 2.45) is 5.73 Å². The van der Waals surface area contributed by atoms with E-state index >= 15 is 0 Å². The van der Waals surface area contributed by atoms with E-state index in [1.807, 2.05) is 18.3 Å². The van der Waals surface area contributed by atoms with Crippen molar-refractivity contribution in [2.75, 3.05) is 4.90 Å². The number of urea groups is 1. The molecule has 0 unspecified atom stereocenters. The molecule has 142 valence electrons. The molecule has 3 heterocycles. The third-order valence-electron chi connectivity index (χ3n) is 4.23. The molecular formula is C19H15Cl2N5O2. The van der Waals surface area contributed by atoms with Gasteiger partial charge < -0.3 is 10.2 Å². The number of nitrogens with zero attached hydrogens (tertiary/aromatic N) is 4. The van der Waals surface area contributed by atoms with E-state index in [0.29, 0.717) is 33.6 Å². The summed E-state index contributed by atoms with van der Waals surface area (Å²) in [7, 11) is 0. The number of benzene rings is 1. The van der Waals surface area contributed by atoms with Crippen molar-refractivity contribution < 1.29 is 9.21 Å². The van der Waals surface area contributed by atoms with E-state index in [1.54, 1.807) is 35.1 Å². The molecule has 7 nitrogen and oxygen atoms in total. The Hall–Kier alpha value is -3.03. The molecule has 0 spiro atoms. The van der Waals surface area contributed by atoms with Gasteiger partial charge in [0.25, 0.3) is 0 Å². The highest BCUT2D eigenvalue weighted by molar-refractivity contribution is 6.42. The number of rotatable bonds is 5. The molecule has 0 aliphatic heterocycles. The smallest absolute Gasteiger partial charge is 0.319 e. The fourth-order valence-corrected chi connectivity index (χ4v) is 3.23. The Morgan fingerprint density at radius 2 is 2.04 bits per heavy atom. The van der Waals surface area contributed by atoms with Gasteiger partial charge in [-0.3, -0.25) is 4.90 Å². The molecule has 0 saturated carbocycles. The molecule has 0 aliphatic rings. The average Bonchev–Trinajstić information content (AvgIpc) is 3.32. The molecule has 4 rings (SSSR count). The standard InChI is InChI=1S/C19H15Cl2N5O2/c20-15-4-3-12(7-16(15)21)6-13-8-23-18-17(9-24-26(18)10-13)25(19(22)27)11-14-2-1-5-28-14/h1-5,7-10H,6,11H2,(H2,22,27). The van der Waals surface area contributed by atoms with Gasteiger partial charge in [0.05, 0.1) is 29.1 Å². The fraction of sp³-hybridized carbons (Fsp3) is 0.105. The Kier molecular flexibility index (Phi) is 4.93. The monoisotopic (exact) mass is 415 g/mol. The van der Waals surface area contributed by atoms with Gasteiger partial charge in [-0.1, -0.05) is 29.3 Å². The first-order valence-corrected chi connectivity index (χ1v) is 9.12. The molecule has 4 aromatic rings. The molecule has 0 aliphatic carbocycles. The summed E-state index contributed by atoms with van der Waals surface area (Å²) in [5, 5.41) is 5.33. The van der Waals surface area contributed by atoms with Gasteiger partial charge in [-0.25, -0.2) is 14.3 Å². The van der Waals surface area contributed by atoms with Gasteiger partial charge in [-0.2, -0.15) is 5.10 Å². The van der Waals surface area contributed by atoms with Gasteiger partial charge in [0.15, 0.2) is 5.65 Å². The number of fused-ring (bicyclic) bond motifs is 1. The summed E-state index contributed by atoms with van der Waals surface area (Å²) >= 11 is 12.0. The van der Waals surface area contributed by atoms with Crippen LogP contribution >= 0.6 is 23.2 Å². The SMILES string of the molecule is NC(=O)N(Cc1ccco1)c1cnn2cc(Cc3ccc(Cl)c(Cl)c3)cnc12. The molecule has 0 saturated heterocycles. The Bertz CT molecular complexity index is 1140. The summed E-state index contributed by atoms with van der Waals surface area (Å²) in [6, 6.07) is 8.39. The van der Waals surface area contributed by atoms with Crippen LogP contribution in [0.25, 0.3) is 5.65 Å². The maximum atomic E-state index is 12.0. The first-order valence-electron chi connectivity index (χ1n) is 8.37. The van der Waals surface area contributed by atoms with E-state index in [-0.39, 0.29) is 6.54 Å². The number of primary amides is 1. The van der Waals surface area contributed by atoms with Crippen LogP contribution < -0.4 is 10.6 Å². The van der Waals surface area contributed by atoms with Gasteiger partial charge in [-0.15, -0.1) is 0 Å². The van der Waals surface area contributed by atoms with E-state index < -0.39 is 6.03 Å². The lowest BCUT2D eigenvalue weighted by Gasteiger charge is -2.17. The van der Waals surface area contributed by atoms with Crippen molar-refractivity contribution in [3.63, 3.8) is 0 Å². The summed E-state index contributed by atoms with van der Waals surface area (Å²) in [4.78, 5) is 17.8. The first kappa shape index (κ1) is 18.3. The van der Waals surface area contributed by atoms with E-state index in [2.05, 4.69) is 10.1 Å². The molecule has 0 fully saturated rings. The maximum Gasteiger partial charge on any atom is 0.319 e. The molecule has 0 atom stereocenters. The van der Waals surface area contributed by atoms with Crippen LogP contribution in [0.1, 0.15) is 16.9 Å². The van der Waals surface area contributed by atoms with E-state index in [1.165, 1.54) is 11.2 Å². The number of hydrogen-bond acceptors (Lipinski definition) is 4. The molecule has 9 heteroatoms. The van der Waals surface area contributed by atoms with E-state index in [4.69, 9.17) is 33.4 Å². The van der Waals surface area contributed by atoms with Gasteiger partial charge in [0.2, 0.25) is 0 Å². The predicted molar refractivity (Wildman–Crippen MR) is 107 cm³/mol. The summed E-state index contributed by atoms with van der Waals surface area (Å²) in [6.45, 7) is 0.191. The van der Waals surface area contributed by atoms with E-state index in [0.717, 1.165) is 11.1 Å². The van der Waals surface area contributed by atoms with Crippen LogP contribution in [0.4, 0.5) is 10.5 Å². The summed E-state index contributed by atoms with van der Waals surface area (Å²) in [6.07, 6.45) is 7.29. The molecular weight excluding hydrogens is 401 g/mol. The summed E-state index contributed by atoms with van der Waals surface area (Å²) in [5.41, 5.74) is 8.50. The third kappa shape index (κ3) is 3.67. The van der Waals surface area contributed by atoms with Crippen molar-refractivity contribution in [1.82, 2.24) is 14.6 Å². The Morgan fingerprint density at radius 3 is 2.75 bits per heavy atom. The number of hydrogen-bond donors (Lipinski definition) is 1. The minimum Gasteiger partial charge on any atom is -0.467 e. The zero-order chi connectivity index (χ0) is 19.7. The molecule has 0 bridgehead atoms. The first-order chi connectivity index (χ1) is 13.5. The number of halogens is 2. The van der Waals surface area contributed by atoms with Gasteiger partial charge >= 0.3 is 6.03 Å². The third-order valence-corrected chi connectivity index (χ3v) is 4.97. The molecule has 2 N–H and O–H groups in total. The molecule has 3 aromatic heterocycles. The van der Waals surface area contributed by atoms with Gasteiger partial charge in [0.1, 0.15) is 11.4 Å². The van der Waals surface area contributed by atoms with Crippen LogP contribution in [0.2, 0.25) is 10.0 Å². The number of carbonyl (C=O) groups is 1. The minimum absolute atomic E-state index is 0.191. The zero-order valence-electron chi connectivity index (χ0n) is 14.5. The van der Waals surface area contributed by atoms with Crippen molar-refractivity contribution in [3.05, 3.63) is 82.1 Å². The van der Waals surface area contributed by atoms with Crippen molar-refractivity contribution in [1.29, 1.82) is 0 Å². The second kappa shape index (κ2) is 7.53. The molecule has 28 heavy (non-hydrogen) atoms. The van der Waals surface area contributed by atoms with Crippen molar-refractivity contribution in [2.45, 2.75) is 13.0 Å². The maximum absolute atomic E-state index is 12.0. The Balaban J connectivity index is 1.63. The minimum atomic E-state index is -0.618. The molecule has 1 aromatic carbocycles. The van der Waals surface area contributed by atoms with Crippen LogP contribution in [-0.2, 0) is 13.0 Å². The number of amides is 2. The van der Waals surface area contributed by atoms with Crippen LogP contribution in [0.15, 0.2) is 59.6 Å². The lowest BCUT2D eigenvalue weighted by Crippen LogP contribution is -2.35. The molecule has 0 radical (unpaired) electrons. The number of anilines is 1. The zero-order valence-corrected chi connectivity index (χ0v) is 16.1. The largest absolute Gasteiger partial charge is 0.467 e. The van der Waals surface area contributed by atoms with Crippen LogP contribution in [0.5, 0.6) is 0 Å². The van der Waals surface area contributed by atoms with Crippen LogP contribution in [0, 0.1) is 0 Å². The summed E-state index contributed by atoms with van der Waals surface area (Å²) in [5.74, 6) is 0.606. The highest BCUT2D eigenvalue weighted by Crippen LogP contribution is 2.25. The van der Waals surface area contributed by atoms with Gasteiger partial charge in [-0.05, 0) is 35.4 Å². The van der Waals surface area contributed by atoms with Crippen LogP contribution in [-0.4, -0.2) is 20.6 Å². The highest BCUT2D eigenvalue weighted by atomic mass is 35.5. The molecule has 2 amide bonds. The second-order valence-electron chi connectivity index (χ2n) is 6.19. The van der Waals surface area contributed by atoms with Crippen molar-refractivity contribution in [3.8, 4) is 0 Å². The number of carbonyl (C=O) groups excluding carboxylic acids is 1. The van der Waals surface area contributed by atoms with Crippen LogP contribution in [0.3, 0.4) is 0 Å². The quantitative estimate of drug-likeness (QED) is 0.525. The second-order valence-corrected chi connectivity index (χ2v) is 7.00. The topological polar surface area (TPSA) is 89.7 Å². The van der Waals surface area contributed by atoms with Gasteiger partial charge in [0, 0.05) is 18.8 Å². The Morgan fingerprint density at radius 1 is 1.18 bits per heavy atom. The fourth-order valence-electron chi connectivity index (χ4n) is 2.91. The Labute approximate surface area is 170 Å². The normalized spacial score (nSPS) is 11.1. The number of furan rings is 1.